The third kappa shape index (κ3) is 4.65. The lowest BCUT2D eigenvalue weighted by Gasteiger charge is -2.21. The molecule has 6 nitrogen and oxygen atoms in total. The first kappa shape index (κ1) is 19.4. The molecule has 6 heteroatoms. The van der Waals surface area contributed by atoms with Gasteiger partial charge in [0.1, 0.15) is 5.75 Å². The van der Waals surface area contributed by atoms with E-state index in [1.165, 1.54) is 0 Å². The zero-order chi connectivity index (χ0) is 19.9. The number of carbonyl (C=O) groups excluding carboxylic acids is 1. The predicted octanol–water partition coefficient (Wildman–Crippen LogP) is 4.67. The summed E-state index contributed by atoms with van der Waals surface area (Å²) >= 11 is 0. The van der Waals surface area contributed by atoms with Crippen molar-refractivity contribution in [2.24, 2.45) is 0 Å². The number of para-hydroxylation sites is 3. The zero-order valence-corrected chi connectivity index (χ0v) is 16.3. The van der Waals surface area contributed by atoms with E-state index in [0.29, 0.717) is 17.3 Å². The SMILES string of the molecule is CCN(c1ccccc1)c1ccc(C(=O)Nc2ccccc2OC(C)C)nn1. The lowest BCUT2D eigenvalue weighted by Crippen LogP contribution is -2.20. The van der Waals surface area contributed by atoms with Crippen molar-refractivity contribution < 1.29 is 9.53 Å². The molecule has 3 aromatic rings. The molecule has 0 fully saturated rings. The van der Waals surface area contributed by atoms with E-state index in [-0.39, 0.29) is 17.7 Å². The standard InChI is InChI=1S/C22H24N4O2/c1-4-26(17-10-6-5-7-11-17)21-15-14-19(24-25-21)22(27)23-18-12-8-9-13-20(18)28-16(2)3/h5-16H,4H2,1-3H3,(H,23,27). The van der Waals surface area contributed by atoms with Gasteiger partial charge in [-0.2, -0.15) is 0 Å². The normalized spacial score (nSPS) is 10.6. The van der Waals surface area contributed by atoms with Crippen LogP contribution in [0, 0.1) is 0 Å². The van der Waals surface area contributed by atoms with Gasteiger partial charge >= 0.3 is 0 Å². The second kappa shape index (κ2) is 8.99. The van der Waals surface area contributed by atoms with Gasteiger partial charge in [0, 0.05) is 12.2 Å². The van der Waals surface area contributed by atoms with Gasteiger partial charge in [-0.1, -0.05) is 30.3 Å². The monoisotopic (exact) mass is 376 g/mol. The quantitative estimate of drug-likeness (QED) is 0.649. The number of hydrogen-bond acceptors (Lipinski definition) is 5. The van der Waals surface area contributed by atoms with Gasteiger partial charge < -0.3 is 15.0 Å². The predicted molar refractivity (Wildman–Crippen MR) is 111 cm³/mol. The van der Waals surface area contributed by atoms with Crippen LogP contribution in [0.25, 0.3) is 0 Å². The first-order valence-corrected chi connectivity index (χ1v) is 9.32. The Kier molecular flexibility index (Phi) is 6.22. The fourth-order valence-corrected chi connectivity index (χ4v) is 2.79. The Balaban J connectivity index is 1.76. The lowest BCUT2D eigenvalue weighted by molar-refractivity contribution is 0.102. The molecule has 1 aromatic heterocycles. The van der Waals surface area contributed by atoms with Gasteiger partial charge in [-0.3, -0.25) is 4.79 Å². The smallest absolute Gasteiger partial charge is 0.276 e. The van der Waals surface area contributed by atoms with Crippen molar-refractivity contribution in [2.75, 3.05) is 16.8 Å². The molecule has 1 heterocycles. The molecule has 1 amide bonds. The van der Waals surface area contributed by atoms with Gasteiger partial charge in [0.2, 0.25) is 0 Å². The van der Waals surface area contributed by atoms with Crippen LogP contribution in [0.4, 0.5) is 17.2 Å². The second-order valence-electron chi connectivity index (χ2n) is 6.47. The molecule has 0 aliphatic heterocycles. The van der Waals surface area contributed by atoms with Gasteiger partial charge in [0.05, 0.1) is 11.8 Å². The van der Waals surface area contributed by atoms with Crippen LogP contribution in [0.5, 0.6) is 5.75 Å². The van der Waals surface area contributed by atoms with Crippen LogP contribution in [0.1, 0.15) is 31.3 Å². The van der Waals surface area contributed by atoms with E-state index in [2.05, 4.69) is 15.5 Å². The van der Waals surface area contributed by atoms with Crippen molar-refractivity contribution in [1.82, 2.24) is 10.2 Å². The summed E-state index contributed by atoms with van der Waals surface area (Å²) in [6.07, 6.45) is 0.00939. The van der Waals surface area contributed by atoms with Crippen LogP contribution in [-0.4, -0.2) is 28.8 Å². The summed E-state index contributed by atoms with van der Waals surface area (Å²) in [6, 6.07) is 20.8. The number of amides is 1. The minimum atomic E-state index is -0.332. The van der Waals surface area contributed by atoms with Crippen molar-refractivity contribution in [1.29, 1.82) is 0 Å². The Morgan fingerprint density at radius 2 is 1.71 bits per heavy atom. The largest absolute Gasteiger partial charge is 0.489 e. The zero-order valence-electron chi connectivity index (χ0n) is 16.3. The molecule has 0 spiro atoms. The number of ether oxygens (including phenoxy) is 1. The highest BCUT2D eigenvalue weighted by Gasteiger charge is 2.14. The Labute approximate surface area is 165 Å². The van der Waals surface area contributed by atoms with Crippen LogP contribution < -0.4 is 15.0 Å². The van der Waals surface area contributed by atoms with Gasteiger partial charge in [-0.15, -0.1) is 10.2 Å². The van der Waals surface area contributed by atoms with Crippen molar-refractivity contribution in [2.45, 2.75) is 26.9 Å². The second-order valence-corrected chi connectivity index (χ2v) is 6.47. The van der Waals surface area contributed by atoms with Crippen molar-refractivity contribution in [3.63, 3.8) is 0 Å². The Hall–Kier alpha value is -3.41. The maximum atomic E-state index is 12.6. The third-order valence-corrected chi connectivity index (χ3v) is 4.04. The minimum Gasteiger partial charge on any atom is -0.489 e. The first-order valence-electron chi connectivity index (χ1n) is 9.32. The van der Waals surface area contributed by atoms with E-state index in [1.54, 1.807) is 18.2 Å². The highest BCUT2D eigenvalue weighted by molar-refractivity contribution is 6.03. The molecule has 0 radical (unpaired) electrons. The Bertz CT molecular complexity index is 911. The average Bonchev–Trinajstić information content (AvgIpc) is 2.71. The molecule has 0 unspecified atom stereocenters. The summed E-state index contributed by atoms with van der Waals surface area (Å²) in [5.41, 5.74) is 1.87. The highest BCUT2D eigenvalue weighted by atomic mass is 16.5. The molecule has 0 saturated heterocycles. The molecular weight excluding hydrogens is 352 g/mol. The summed E-state index contributed by atoms with van der Waals surface area (Å²) in [5.74, 6) is 0.979. The number of nitrogens with zero attached hydrogens (tertiary/aromatic N) is 3. The number of carbonyl (C=O) groups is 1. The molecule has 0 aliphatic carbocycles. The van der Waals surface area contributed by atoms with Gasteiger partial charge in [0.15, 0.2) is 11.5 Å². The molecule has 144 valence electrons. The number of hydrogen-bond donors (Lipinski definition) is 1. The van der Waals surface area contributed by atoms with E-state index in [4.69, 9.17) is 4.74 Å². The summed E-state index contributed by atoms with van der Waals surface area (Å²) in [6.45, 7) is 6.66. The molecule has 0 bridgehead atoms. The topological polar surface area (TPSA) is 67.4 Å². The fraction of sp³-hybridized carbons (Fsp3) is 0.227. The fourth-order valence-electron chi connectivity index (χ4n) is 2.79. The summed E-state index contributed by atoms with van der Waals surface area (Å²) in [4.78, 5) is 14.6. The lowest BCUT2D eigenvalue weighted by atomic mass is 10.2. The average molecular weight is 376 g/mol. The van der Waals surface area contributed by atoms with Gasteiger partial charge in [-0.25, -0.2) is 0 Å². The maximum Gasteiger partial charge on any atom is 0.276 e. The molecule has 28 heavy (non-hydrogen) atoms. The van der Waals surface area contributed by atoms with Crippen molar-refractivity contribution >= 4 is 23.1 Å². The van der Waals surface area contributed by atoms with Crippen LogP contribution in [0.2, 0.25) is 0 Å². The highest BCUT2D eigenvalue weighted by Crippen LogP contribution is 2.26. The van der Waals surface area contributed by atoms with E-state index < -0.39 is 0 Å². The first-order chi connectivity index (χ1) is 13.6. The molecule has 0 aliphatic rings. The number of nitrogens with one attached hydrogen (secondary N) is 1. The van der Waals surface area contributed by atoms with Crippen LogP contribution in [-0.2, 0) is 0 Å². The van der Waals surface area contributed by atoms with E-state index in [1.807, 2.05) is 74.2 Å². The third-order valence-electron chi connectivity index (χ3n) is 4.04. The van der Waals surface area contributed by atoms with Gasteiger partial charge in [-0.05, 0) is 57.2 Å². The molecule has 0 saturated carbocycles. The summed E-state index contributed by atoms with van der Waals surface area (Å²) < 4.78 is 5.74. The minimum absolute atomic E-state index is 0.00939. The summed E-state index contributed by atoms with van der Waals surface area (Å²) in [5, 5.41) is 11.2. The number of aromatic nitrogens is 2. The summed E-state index contributed by atoms with van der Waals surface area (Å²) in [7, 11) is 0. The maximum absolute atomic E-state index is 12.6. The number of rotatable bonds is 7. The molecular formula is C22H24N4O2. The number of benzene rings is 2. The molecule has 0 atom stereocenters. The van der Waals surface area contributed by atoms with Gasteiger partial charge in [0.25, 0.3) is 5.91 Å². The number of anilines is 3. The Morgan fingerprint density at radius 1 is 1.00 bits per heavy atom. The molecule has 2 aromatic carbocycles. The van der Waals surface area contributed by atoms with E-state index >= 15 is 0 Å². The van der Waals surface area contributed by atoms with Crippen molar-refractivity contribution in [3.05, 3.63) is 72.4 Å². The van der Waals surface area contributed by atoms with Crippen LogP contribution >= 0.6 is 0 Å². The van der Waals surface area contributed by atoms with E-state index in [9.17, 15) is 4.79 Å². The van der Waals surface area contributed by atoms with Crippen molar-refractivity contribution in [3.8, 4) is 5.75 Å². The Morgan fingerprint density at radius 3 is 2.36 bits per heavy atom. The molecule has 1 N–H and O–H groups in total. The van der Waals surface area contributed by atoms with E-state index in [0.717, 1.165) is 12.2 Å². The van der Waals surface area contributed by atoms with Crippen LogP contribution in [0.15, 0.2) is 66.7 Å². The van der Waals surface area contributed by atoms with Crippen LogP contribution in [0.3, 0.4) is 0 Å². The molecule has 3 rings (SSSR count).